The number of hydrogen-bond donors (Lipinski definition) is 7. The number of carboxylic acids is 1. The van der Waals surface area contributed by atoms with Crippen LogP contribution in [0.4, 0.5) is 0 Å². The lowest BCUT2D eigenvalue weighted by Gasteiger charge is -2.27. The molecule has 11 heteroatoms. The summed E-state index contributed by atoms with van der Waals surface area (Å²) < 4.78 is 0. The summed E-state index contributed by atoms with van der Waals surface area (Å²) in [6.45, 7) is 3.87. The van der Waals surface area contributed by atoms with Crippen molar-refractivity contribution in [1.29, 1.82) is 0 Å². The van der Waals surface area contributed by atoms with Gasteiger partial charge >= 0.3 is 5.97 Å². The Labute approximate surface area is 234 Å². The predicted octanol–water partition coefficient (Wildman–Crippen LogP) is 0.829. The van der Waals surface area contributed by atoms with Crippen LogP contribution in [0.25, 0.3) is 0 Å². The van der Waals surface area contributed by atoms with Gasteiger partial charge in [-0.3, -0.25) is 14.4 Å². The van der Waals surface area contributed by atoms with Gasteiger partial charge in [0.1, 0.15) is 23.9 Å². The number of hydrogen-bond acceptors (Lipinski definition) is 7. The minimum atomic E-state index is -1.17. The summed E-state index contributed by atoms with van der Waals surface area (Å²) in [5.74, 6) is -3.23. The molecule has 0 aromatic heterocycles. The van der Waals surface area contributed by atoms with Gasteiger partial charge in [0.05, 0.1) is 6.04 Å². The van der Waals surface area contributed by atoms with Crippen molar-refractivity contribution in [1.82, 2.24) is 16.0 Å². The number of carboxylic acid groups (broad SMARTS) is 1. The van der Waals surface area contributed by atoms with Gasteiger partial charge in [-0.1, -0.05) is 56.3 Å². The van der Waals surface area contributed by atoms with E-state index in [1.54, 1.807) is 26.0 Å². The highest BCUT2D eigenvalue weighted by Crippen LogP contribution is 2.12. The first-order valence-electron chi connectivity index (χ1n) is 13.4. The van der Waals surface area contributed by atoms with E-state index in [1.807, 2.05) is 30.3 Å². The summed E-state index contributed by atoms with van der Waals surface area (Å²) >= 11 is 0. The van der Waals surface area contributed by atoms with E-state index >= 15 is 0 Å². The quantitative estimate of drug-likeness (QED) is 0.148. The lowest BCUT2D eigenvalue weighted by Crippen LogP contribution is -2.59. The number of aromatic hydroxyl groups is 1. The molecule has 218 valence electrons. The summed E-state index contributed by atoms with van der Waals surface area (Å²) in [5.41, 5.74) is 13.1. The zero-order valence-corrected chi connectivity index (χ0v) is 23.0. The van der Waals surface area contributed by atoms with Crippen molar-refractivity contribution >= 4 is 23.7 Å². The third-order valence-corrected chi connectivity index (χ3v) is 6.45. The number of nitrogens with one attached hydrogen (secondary N) is 3. The lowest BCUT2D eigenvalue weighted by molar-refractivity contribution is -0.142. The molecule has 11 nitrogen and oxygen atoms in total. The van der Waals surface area contributed by atoms with Gasteiger partial charge in [-0.05, 0) is 61.4 Å². The van der Waals surface area contributed by atoms with Crippen LogP contribution in [0.3, 0.4) is 0 Å². The summed E-state index contributed by atoms with van der Waals surface area (Å²) in [4.78, 5) is 51.2. The van der Waals surface area contributed by atoms with Crippen LogP contribution in [0, 0.1) is 5.92 Å². The van der Waals surface area contributed by atoms with Gasteiger partial charge in [-0.2, -0.15) is 0 Å². The molecule has 3 amide bonds. The van der Waals surface area contributed by atoms with Crippen LogP contribution in [-0.2, 0) is 32.0 Å². The maximum atomic E-state index is 13.4. The molecule has 4 atom stereocenters. The highest BCUT2D eigenvalue weighted by Gasteiger charge is 2.32. The Bertz CT molecular complexity index is 1110. The second-order valence-electron chi connectivity index (χ2n) is 10.1. The van der Waals surface area contributed by atoms with Gasteiger partial charge in [0.25, 0.3) is 0 Å². The topological polar surface area (TPSA) is 197 Å². The van der Waals surface area contributed by atoms with Gasteiger partial charge in [-0.15, -0.1) is 0 Å². The molecule has 9 N–H and O–H groups in total. The zero-order valence-electron chi connectivity index (χ0n) is 23.0. The van der Waals surface area contributed by atoms with Crippen LogP contribution in [-0.4, -0.2) is 64.6 Å². The molecular weight excluding hydrogens is 514 g/mol. The highest BCUT2D eigenvalue weighted by molar-refractivity contribution is 5.94. The standard InChI is InChI=1S/C29H41N5O6/c1-18(2)25(28(38)32-23(29(39)40)10-6-7-15-30)34-27(37)24(17-19-8-4-3-5-9-19)33-26(36)22(31)16-20-11-13-21(35)14-12-20/h3-5,8-9,11-14,18,22-25,35H,6-7,10,15-17,30-31H2,1-2H3,(H,32,38)(H,33,36)(H,34,37)(H,39,40). The first kappa shape index (κ1) is 32.3. The molecule has 0 aliphatic heterocycles. The number of aliphatic carboxylic acids is 1. The second-order valence-corrected chi connectivity index (χ2v) is 10.1. The molecule has 2 rings (SSSR count). The fraction of sp³-hybridized carbons (Fsp3) is 0.448. The van der Waals surface area contributed by atoms with Crippen molar-refractivity contribution in [3.05, 3.63) is 65.7 Å². The Morgan fingerprint density at radius 3 is 1.95 bits per heavy atom. The van der Waals surface area contributed by atoms with Crippen LogP contribution < -0.4 is 27.4 Å². The number of unbranched alkanes of at least 4 members (excludes halogenated alkanes) is 1. The predicted molar refractivity (Wildman–Crippen MR) is 151 cm³/mol. The number of phenolic OH excluding ortho intramolecular Hbond substituents is 1. The third kappa shape index (κ3) is 10.7. The minimum Gasteiger partial charge on any atom is -0.508 e. The first-order chi connectivity index (χ1) is 19.0. The Kier molecular flexibility index (Phi) is 13.1. The molecule has 0 radical (unpaired) electrons. The normalized spacial score (nSPS) is 14.0. The second kappa shape index (κ2) is 16.2. The molecule has 0 spiro atoms. The van der Waals surface area contributed by atoms with E-state index in [1.165, 1.54) is 12.1 Å². The van der Waals surface area contributed by atoms with E-state index in [0.717, 1.165) is 11.1 Å². The monoisotopic (exact) mass is 555 g/mol. The molecule has 0 saturated carbocycles. The van der Waals surface area contributed by atoms with E-state index in [-0.39, 0.29) is 30.9 Å². The highest BCUT2D eigenvalue weighted by atomic mass is 16.4. The number of phenols is 1. The smallest absolute Gasteiger partial charge is 0.326 e. The van der Waals surface area contributed by atoms with Crippen LogP contribution in [0.1, 0.15) is 44.2 Å². The van der Waals surface area contributed by atoms with Gasteiger partial charge in [0, 0.05) is 6.42 Å². The van der Waals surface area contributed by atoms with Gasteiger partial charge in [0.15, 0.2) is 0 Å². The van der Waals surface area contributed by atoms with Gasteiger partial charge in [0.2, 0.25) is 17.7 Å². The minimum absolute atomic E-state index is 0.0929. The van der Waals surface area contributed by atoms with Crippen molar-refractivity contribution in [2.45, 2.75) is 70.1 Å². The molecule has 0 aliphatic rings. The van der Waals surface area contributed by atoms with E-state index in [2.05, 4.69) is 16.0 Å². The van der Waals surface area contributed by atoms with Crippen molar-refractivity contribution in [3.63, 3.8) is 0 Å². The summed E-state index contributed by atoms with van der Waals surface area (Å²) in [5, 5.41) is 27.0. The summed E-state index contributed by atoms with van der Waals surface area (Å²) in [6, 6.07) is 11.2. The maximum Gasteiger partial charge on any atom is 0.326 e. The summed E-state index contributed by atoms with van der Waals surface area (Å²) in [7, 11) is 0. The van der Waals surface area contributed by atoms with E-state index < -0.39 is 47.9 Å². The van der Waals surface area contributed by atoms with Gasteiger partial charge < -0.3 is 37.6 Å². The fourth-order valence-corrected chi connectivity index (χ4v) is 4.12. The average molecular weight is 556 g/mol. The maximum absolute atomic E-state index is 13.4. The molecule has 40 heavy (non-hydrogen) atoms. The molecule has 4 unspecified atom stereocenters. The molecule has 0 heterocycles. The van der Waals surface area contributed by atoms with Crippen LogP contribution in [0.2, 0.25) is 0 Å². The zero-order chi connectivity index (χ0) is 29.7. The Morgan fingerprint density at radius 1 is 0.775 bits per heavy atom. The first-order valence-corrected chi connectivity index (χ1v) is 13.4. The number of carbonyl (C=O) groups excluding carboxylic acids is 3. The molecule has 0 bridgehead atoms. The SMILES string of the molecule is CC(C)C(NC(=O)C(Cc1ccccc1)NC(=O)C(N)Cc1ccc(O)cc1)C(=O)NC(CCCCN)C(=O)O. The van der Waals surface area contributed by atoms with E-state index in [9.17, 15) is 29.4 Å². The average Bonchev–Trinajstić information content (AvgIpc) is 2.92. The Hall–Kier alpha value is -3.96. The number of amides is 3. The molecule has 0 aliphatic carbocycles. The molecule has 0 fully saturated rings. The molecule has 2 aromatic carbocycles. The van der Waals surface area contributed by atoms with E-state index in [4.69, 9.17) is 11.5 Å². The van der Waals surface area contributed by atoms with Crippen molar-refractivity contribution in [2.24, 2.45) is 17.4 Å². The number of nitrogens with two attached hydrogens (primary N) is 2. The number of benzene rings is 2. The fourth-order valence-electron chi connectivity index (χ4n) is 4.12. The van der Waals surface area contributed by atoms with Crippen molar-refractivity contribution in [3.8, 4) is 5.75 Å². The Morgan fingerprint density at radius 2 is 1.38 bits per heavy atom. The van der Waals surface area contributed by atoms with Crippen molar-refractivity contribution in [2.75, 3.05) is 6.54 Å². The van der Waals surface area contributed by atoms with Crippen LogP contribution in [0.15, 0.2) is 54.6 Å². The number of carbonyl (C=O) groups is 4. The number of rotatable bonds is 16. The van der Waals surface area contributed by atoms with Crippen LogP contribution in [0.5, 0.6) is 5.75 Å². The van der Waals surface area contributed by atoms with Crippen molar-refractivity contribution < 1.29 is 29.4 Å². The largest absolute Gasteiger partial charge is 0.508 e. The van der Waals surface area contributed by atoms with Crippen LogP contribution >= 0.6 is 0 Å². The molecule has 2 aromatic rings. The Balaban J connectivity index is 2.16. The lowest BCUT2D eigenvalue weighted by atomic mass is 9.99. The summed E-state index contributed by atoms with van der Waals surface area (Å²) in [6.07, 6.45) is 1.70. The molecule has 0 saturated heterocycles. The molecular formula is C29H41N5O6. The third-order valence-electron chi connectivity index (χ3n) is 6.45. The van der Waals surface area contributed by atoms with E-state index in [0.29, 0.717) is 19.4 Å². The van der Waals surface area contributed by atoms with Gasteiger partial charge in [-0.25, -0.2) is 4.79 Å².